The normalized spacial score (nSPS) is 12.6. The Hall–Kier alpha value is -1.84. The SMILES string of the molecule is CCCn1c([C@H](C)NC(C)=O)nc2ccccc21. The molecule has 1 atom stereocenters. The monoisotopic (exact) mass is 245 g/mol. The molecule has 2 aromatic rings. The number of carbonyl (C=O) groups is 1. The summed E-state index contributed by atoms with van der Waals surface area (Å²) in [5.74, 6) is 0.894. The third-order valence-electron chi connectivity index (χ3n) is 2.94. The largest absolute Gasteiger partial charge is 0.347 e. The molecule has 2 rings (SSSR count). The van der Waals surface area contributed by atoms with Crippen molar-refractivity contribution in [3.63, 3.8) is 0 Å². The van der Waals surface area contributed by atoms with E-state index in [1.54, 1.807) is 0 Å². The van der Waals surface area contributed by atoms with E-state index in [1.165, 1.54) is 6.92 Å². The number of hydrogen-bond donors (Lipinski definition) is 1. The molecule has 0 saturated heterocycles. The van der Waals surface area contributed by atoms with Crippen LogP contribution in [0.3, 0.4) is 0 Å². The first kappa shape index (κ1) is 12.6. The molecule has 96 valence electrons. The average molecular weight is 245 g/mol. The van der Waals surface area contributed by atoms with Gasteiger partial charge >= 0.3 is 0 Å². The van der Waals surface area contributed by atoms with Gasteiger partial charge in [-0.1, -0.05) is 19.1 Å². The Kier molecular flexibility index (Phi) is 3.65. The first-order chi connectivity index (χ1) is 8.63. The van der Waals surface area contributed by atoms with Crippen LogP contribution in [-0.2, 0) is 11.3 Å². The molecule has 0 bridgehead atoms. The van der Waals surface area contributed by atoms with Crippen LogP contribution >= 0.6 is 0 Å². The molecular weight excluding hydrogens is 226 g/mol. The second-order valence-corrected chi connectivity index (χ2v) is 4.53. The first-order valence-electron chi connectivity index (χ1n) is 6.35. The minimum Gasteiger partial charge on any atom is -0.347 e. The van der Waals surface area contributed by atoms with E-state index in [2.05, 4.69) is 27.9 Å². The van der Waals surface area contributed by atoms with Crippen molar-refractivity contribution in [3.05, 3.63) is 30.1 Å². The third kappa shape index (κ3) is 2.37. The number of imidazole rings is 1. The molecule has 1 aromatic carbocycles. The van der Waals surface area contributed by atoms with Crippen molar-refractivity contribution in [1.29, 1.82) is 0 Å². The van der Waals surface area contributed by atoms with Crippen LogP contribution in [0.5, 0.6) is 0 Å². The number of hydrogen-bond acceptors (Lipinski definition) is 2. The Bertz CT molecular complexity index is 559. The molecule has 0 aliphatic rings. The van der Waals surface area contributed by atoms with Crippen molar-refractivity contribution < 1.29 is 4.79 Å². The highest BCUT2D eigenvalue weighted by molar-refractivity contribution is 5.77. The van der Waals surface area contributed by atoms with E-state index < -0.39 is 0 Å². The van der Waals surface area contributed by atoms with Crippen molar-refractivity contribution in [3.8, 4) is 0 Å². The van der Waals surface area contributed by atoms with Crippen molar-refractivity contribution in [2.75, 3.05) is 0 Å². The fourth-order valence-electron chi connectivity index (χ4n) is 2.25. The lowest BCUT2D eigenvalue weighted by molar-refractivity contribution is -0.119. The van der Waals surface area contributed by atoms with Crippen LogP contribution < -0.4 is 5.32 Å². The summed E-state index contributed by atoms with van der Waals surface area (Å²) in [4.78, 5) is 15.8. The summed E-state index contributed by atoms with van der Waals surface area (Å²) in [7, 11) is 0. The van der Waals surface area contributed by atoms with Gasteiger partial charge in [0, 0.05) is 13.5 Å². The van der Waals surface area contributed by atoms with Gasteiger partial charge in [-0.2, -0.15) is 0 Å². The number of rotatable bonds is 4. The van der Waals surface area contributed by atoms with Gasteiger partial charge in [0.05, 0.1) is 17.1 Å². The molecule has 0 spiro atoms. The lowest BCUT2D eigenvalue weighted by atomic mass is 10.3. The standard InChI is InChI=1S/C14H19N3O/c1-4-9-17-13-8-6-5-7-12(13)16-14(17)10(2)15-11(3)18/h5-8,10H,4,9H2,1-3H3,(H,15,18)/t10-/m0/s1. The van der Waals surface area contributed by atoms with Gasteiger partial charge in [-0.3, -0.25) is 4.79 Å². The minimum atomic E-state index is -0.0681. The molecule has 1 heterocycles. The molecule has 0 fully saturated rings. The zero-order valence-electron chi connectivity index (χ0n) is 11.1. The van der Waals surface area contributed by atoms with Crippen molar-refractivity contribution in [2.45, 2.75) is 39.8 Å². The summed E-state index contributed by atoms with van der Waals surface area (Å²) in [6, 6.07) is 8.01. The molecule has 1 aromatic heterocycles. The van der Waals surface area contributed by atoms with Gasteiger partial charge < -0.3 is 9.88 Å². The summed E-state index contributed by atoms with van der Waals surface area (Å²) in [6.45, 7) is 6.56. The first-order valence-corrected chi connectivity index (χ1v) is 6.35. The van der Waals surface area contributed by atoms with Crippen LogP contribution in [-0.4, -0.2) is 15.5 Å². The van der Waals surface area contributed by atoms with Crippen molar-refractivity contribution >= 4 is 16.9 Å². The fraction of sp³-hybridized carbons (Fsp3) is 0.429. The Morgan fingerprint density at radius 3 is 2.83 bits per heavy atom. The Balaban J connectivity index is 2.47. The molecule has 1 N–H and O–H groups in total. The van der Waals surface area contributed by atoms with E-state index in [9.17, 15) is 4.79 Å². The van der Waals surface area contributed by atoms with Gasteiger partial charge in [0.25, 0.3) is 0 Å². The topological polar surface area (TPSA) is 46.9 Å². The summed E-state index contributed by atoms with van der Waals surface area (Å²) in [6.07, 6.45) is 1.04. The van der Waals surface area contributed by atoms with Gasteiger partial charge in [-0.15, -0.1) is 0 Å². The maximum absolute atomic E-state index is 11.2. The van der Waals surface area contributed by atoms with Crippen LogP contribution in [0.4, 0.5) is 0 Å². The second-order valence-electron chi connectivity index (χ2n) is 4.53. The van der Waals surface area contributed by atoms with Gasteiger partial charge in [0.15, 0.2) is 0 Å². The smallest absolute Gasteiger partial charge is 0.217 e. The predicted molar refractivity (Wildman–Crippen MR) is 72.3 cm³/mol. The maximum Gasteiger partial charge on any atom is 0.217 e. The molecule has 0 unspecified atom stereocenters. The van der Waals surface area contributed by atoms with Crippen LogP contribution in [0.1, 0.15) is 39.1 Å². The Morgan fingerprint density at radius 2 is 2.17 bits per heavy atom. The average Bonchev–Trinajstić information content (AvgIpc) is 2.68. The summed E-state index contributed by atoms with van der Waals surface area (Å²) in [5.41, 5.74) is 2.12. The van der Waals surface area contributed by atoms with Crippen LogP contribution in [0.25, 0.3) is 11.0 Å². The number of nitrogens with one attached hydrogen (secondary N) is 1. The molecule has 18 heavy (non-hydrogen) atoms. The number of fused-ring (bicyclic) bond motifs is 1. The molecule has 0 aliphatic heterocycles. The van der Waals surface area contributed by atoms with Crippen molar-refractivity contribution in [1.82, 2.24) is 14.9 Å². The third-order valence-corrected chi connectivity index (χ3v) is 2.94. The van der Waals surface area contributed by atoms with E-state index >= 15 is 0 Å². The van der Waals surface area contributed by atoms with E-state index in [4.69, 9.17) is 0 Å². The predicted octanol–water partition coefficient (Wildman–Crippen LogP) is 2.64. The number of aromatic nitrogens is 2. The van der Waals surface area contributed by atoms with E-state index in [1.807, 2.05) is 25.1 Å². The van der Waals surface area contributed by atoms with E-state index in [0.717, 1.165) is 29.8 Å². The second kappa shape index (κ2) is 5.21. The maximum atomic E-state index is 11.2. The van der Waals surface area contributed by atoms with Crippen LogP contribution in [0.15, 0.2) is 24.3 Å². The Morgan fingerprint density at radius 1 is 1.44 bits per heavy atom. The highest BCUT2D eigenvalue weighted by Gasteiger charge is 2.16. The highest BCUT2D eigenvalue weighted by Crippen LogP contribution is 2.21. The number of para-hydroxylation sites is 2. The van der Waals surface area contributed by atoms with E-state index in [0.29, 0.717) is 0 Å². The molecule has 0 radical (unpaired) electrons. The molecule has 4 nitrogen and oxygen atoms in total. The van der Waals surface area contributed by atoms with E-state index in [-0.39, 0.29) is 11.9 Å². The molecule has 4 heteroatoms. The number of carbonyl (C=O) groups excluding carboxylic acids is 1. The minimum absolute atomic E-state index is 0.0300. The fourth-order valence-corrected chi connectivity index (χ4v) is 2.25. The van der Waals surface area contributed by atoms with Gasteiger partial charge in [0.2, 0.25) is 5.91 Å². The molecule has 1 amide bonds. The molecule has 0 saturated carbocycles. The van der Waals surface area contributed by atoms with Gasteiger partial charge in [-0.25, -0.2) is 4.98 Å². The van der Waals surface area contributed by atoms with Crippen LogP contribution in [0, 0.1) is 0 Å². The lowest BCUT2D eigenvalue weighted by Crippen LogP contribution is -2.26. The number of amides is 1. The summed E-state index contributed by atoms with van der Waals surface area (Å²) in [5, 5.41) is 2.90. The van der Waals surface area contributed by atoms with Crippen molar-refractivity contribution in [2.24, 2.45) is 0 Å². The van der Waals surface area contributed by atoms with Crippen LogP contribution in [0.2, 0.25) is 0 Å². The molecular formula is C14H19N3O. The Labute approximate surface area is 107 Å². The number of aryl methyl sites for hydroxylation is 1. The highest BCUT2D eigenvalue weighted by atomic mass is 16.1. The lowest BCUT2D eigenvalue weighted by Gasteiger charge is -2.14. The summed E-state index contributed by atoms with van der Waals surface area (Å²) < 4.78 is 2.19. The quantitative estimate of drug-likeness (QED) is 0.900. The zero-order chi connectivity index (χ0) is 13.1. The molecule has 0 aliphatic carbocycles. The number of benzene rings is 1. The van der Waals surface area contributed by atoms with Gasteiger partial charge in [0.1, 0.15) is 5.82 Å². The van der Waals surface area contributed by atoms with Gasteiger partial charge in [-0.05, 0) is 25.5 Å². The number of nitrogens with zero attached hydrogens (tertiary/aromatic N) is 2. The summed E-state index contributed by atoms with van der Waals surface area (Å²) >= 11 is 0. The zero-order valence-corrected chi connectivity index (χ0v) is 11.1.